The summed E-state index contributed by atoms with van der Waals surface area (Å²) < 4.78 is 22.3. The first kappa shape index (κ1) is 19.0. The van der Waals surface area contributed by atoms with Gasteiger partial charge in [0.15, 0.2) is 0 Å². The maximum atomic E-state index is 11.8. The van der Waals surface area contributed by atoms with Gasteiger partial charge in [-0.1, -0.05) is 60.0 Å². The van der Waals surface area contributed by atoms with Crippen molar-refractivity contribution in [2.75, 3.05) is 5.32 Å². The monoisotopic (exact) mass is 340 g/mol. The molecule has 0 heterocycles. The summed E-state index contributed by atoms with van der Waals surface area (Å²) in [4.78, 5) is 12.1. The molecule has 0 saturated carbocycles. The molecule has 6 heteroatoms. The molecule has 0 atom stereocenters. The van der Waals surface area contributed by atoms with E-state index in [1.165, 1.54) is 0 Å². The summed E-state index contributed by atoms with van der Waals surface area (Å²) in [5, 5.41) is 2.56. The fraction of sp³-hybridized carbons (Fsp3) is 0.235. The predicted molar refractivity (Wildman–Crippen MR) is 101 cm³/mol. The van der Waals surface area contributed by atoms with E-state index in [9.17, 15) is 13.9 Å². The minimum atomic E-state index is -3.37. The highest BCUT2D eigenvalue weighted by Gasteiger charge is 2.18. The quantitative estimate of drug-likeness (QED) is 0.581. The molecule has 0 spiro atoms. The molecule has 2 aromatic carbocycles. The van der Waals surface area contributed by atoms with Crippen LogP contribution in [-0.2, 0) is 0 Å². The third kappa shape index (κ3) is 5.94. The largest absolute Gasteiger partial charge is 0.337 e. The van der Waals surface area contributed by atoms with Gasteiger partial charge >= 0.3 is 6.03 Å². The second-order valence-electron chi connectivity index (χ2n) is 4.78. The molecular weight excluding hydrogens is 312 g/mol. The van der Waals surface area contributed by atoms with Crippen LogP contribution in [0.25, 0.3) is 0 Å². The molecule has 0 unspecified atom stereocenters. The van der Waals surface area contributed by atoms with Crippen LogP contribution >= 0.6 is 10.8 Å². The number of benzene rings is 2. The molecule has 2 aromatic rings. The summed E-state index contributed by atoms with van der Waals surface area (Å²) in [6.45, 7) is 7.84. The van der Waals surface area contributed by atoms with E-state index in [2.05, 4.69) is 10.0 Å². The van der Waals surface area contributed by atoms with Gasteiger partial charge in [0.2, 0.25) is 0 Å². The van der Waals surface area contributed by atoms with Gasteiger partial charge in [0.1, 0.15) is 0 Å². The van der Waals surface area contributed by atoms with E-state index < -0.39 is 16.8 Å². The maximum Gasteiger partial charge on any atom is 0.337 e. The number of rotatable bonds is 3. The molecule has 23 heavy (non-hydrogen) atoms. The molecule has 0 fully saturated rings. The van der Waals surface area contributed by atoms with Gasteiger partial charge in [-0.3, -0.25) is 9.11 Å². The Morgan fingerprint density at radius 3 is 1.83 bits per heavy atom. The van der Waals surface area contributed by atoms with E-state index in [4.69, 9.17) is 0 Å². The van der Waals surface area contributed by atoms with E-state index in [0.717, 1.165) is 11.1 Å². The van der Waals surface area contributed by atoms with Gasteiger partial charge in [-0.05, 0) is 38.1 Å². The van der Waals surface area contributed by atoms with Crippen molar-refractivity contribution in [3.8, 4) is 0 Å². The van der Waals surface area contributed by atoms with Gasteiger partial charge in [0, 0.05) is 8.54 Å². The molecule has 0 aliphatic rings. The smallest absolute Gasteiger partial charge is 0.307 e. The fourth-order valence-corrected chi connectivity index (χ4v) is 2.65. The van der Waals surface area contributed by atoms with E-state index in [-0.39, 0.29) is 7.75 Å². The summed E-state index contributed by atoms with van der Waals surface area (Å²) in [7, 11) is -3.37. The predicted octanol–water partition coefficient (Wildman–Crippen LogP) is 5.67. The number of carbonyl (C=O) groups is 1. The van der Waals surface area contributed by atoms with Crippen molar-refractivity contribution in [1.82, 2.24) is 4.72 Å². The molecule has 4 N–H and O–H groups in total. The number of amides is 2. The molecule has 2 amide bonds. The molecule has 5 nitrogen and oxygen atoms in total. The highest BCUT2D eigenvalue weighted by Crippen LogP contribution is 2.43. The summed E-state index contributed by atoms with van der Waals surface area (Å²) in [6.07, 6.45) is 0. The van der Waals surface area contributed by atoms with Crippen molar-refractivity contribution in [2.45, 2.75) is 32.6 Å². The summed E-state index contributed by atoms with van der Waals surface area (Å²) >= 11 is 0. The molecular formula is C17H28N2O3S. The van der Waals surface area contributed by atoms with Gasteiger partial charge < -0.3 is 5.32 Å². The lowest BCUT2D eigenvalue weighted by atomic mass is 10.2. The lowest BCUT2D eigenvalue weighted by molar-refractivity contribution is 0.255. The molecule has 2 rings (SSSR count). The number of carbonyl (C=O) groups excluding carboxylic acids is 1. The molecule has 130 valence electrons. The first-order chi connectivity index (χ1) is 10.9. The van der Waals surface area contributed by atoms with Crippen molar-refractivity contribution < 1.29 is 16.8 Å². The second-order valence-corrected chi connectivity index (χ2v) is 6.56. The Labute approximate surface area is 142 Å². The number of aryl methyl sites for hydroxylation is 2. The van der Waals surface area contributed by atoms with E-state index in [1.807, 2.05) is 39.8 Å². The first-order valence-corrected chi connectivity index (χ1v) is 8.92. The number of hydrogen-bond acceptors (Lipinski definition) is 3. The van der Waals surface area contributed by atoms with Gasteiger partial charge in [0.25, 0.3) is 0 Å². The van der Waals surface area contributed by atoms with Crippen LogP contribution < -0.4 is 10.0 Å². The number of anilines is 1. The number of hydrogen-bond donors (Lipinski definition) is 4. The van der Waals surface area contributed by atoms with Crippen LogP contribution in [0.15, 0.2) is 53.4 Å². The van der Waals surface area contributed by atoms with Crippen LogP contribution in [0.3, 0.4) is 0 Å². The Morgan fingerprint density at radius 1 is 0.913 bits per heavy atom. The van der Waals surface area contributed by atoms with E-state index in [0.29, 0.717) is 5.69 Å². The molecule has 0 bridgehead atoms. The zero-order chi connectivity index (χ0) is 17.5. The lowest BCUT2D eigenvalue weighted by Crippen LogP contribution is -2.31. The minimum absolute atomic E-state index is 0. The zero-order valence-electron chi connectivity index (χ0n) is 13.8. The fourth-order valence-electron chi connectivity index (χ4n) is 1.71. The van der Waals surface area contributed by atoms with Crippen molar-refractivity contribution in [3.05, 3.63) is 59.7 Å². The lowest BCUT2D eigenvalue weighted by Gasteiger charge is -2.32. The molecule has 0 saturated heterocycles. The van der Waals surface area contributed by atoms with Crippen LogP contribution in [-0.4, -0.2) is 15.1 Å². The minimum Gasteiger partial charge on any atom is -0.307 e. The van der Waals surface area contributed by atoms with Gasteiger partial charge in [-0.15, -0.1) is 0 Å². The van der Waals surface area contributed by atoms with Gasteiger partial charge in [-0.2, -0.15) is 0 Å². The Kier molecular flexibility index (Phi) is 7.09. The van der Waals surface area contributed by atoms with Crippen molar-refractivity contribution in [2.24, 2.45) is 0 Å². The SMILES string of the molecule is CC.Cc1ccc(NC(=O)NS(O)(O)c2ccc(C)cc2)cc1.[HH].[HH]. The van der Waals surface area contributed by atoms with Crippen molar-refractivity contribution in [3.63, 3.8) is 0 Å². The normalized spacial score (nSPS) is 11.0. The first-order valence-electron chi connectivity index (χ1n) is 7.37. The van der Waals surface area contributed by atoms with Gasteiger partial charge in [-0.25, -0.2) is 9.52 Å². The van der Waals surface area contributed by atoms with Crippen LogP contribution in [0, 0.1) is 13.8 Å². The van der Waals surface area contributed by atoms with Crippen LogP contribution in [0.5, 0.6) is 0 Å². The molecule has 0 aliphatic carbocycles. The van der Waals surface area contributed by atoms with E-state index >= 15 is 0 Å². The summed E-state index contributed by atoms with van der Waals surface area (Å²) in [5.41, 5.74) is 2.65. The van der Waals surface area contributed by atoms with Gasteiger partial charge in [0.05, 0.1) is 4.90 Å². The third-order valence-corrected chi connectivity index (χ3v) is 4.29. The van der Waals surface area contributed by atoms with Crippen LogP contribution in [0.4, 0.5) is 10.5 Å². The Bertz CT molecular complexity index is 635. The second kappa shape index (κ2) is 8.57. The Hall–Kier alpha value is -2.02. The molecule has 0 aromatic heterocycles. The highest BCUT2D eigenvalue weighted by atomic mass is 32.3. The number of urea groups is 1. The summed E-state index contributed by atoms with van der Waals surface area (Å²) in [5.74, 6) is 0. The van der Waals surface area contributed by atoms with Crippen LogP contribution in [0.1, 0.15) is 27.8 Å². The van der Waals surface area contributed by atoms with Crippen LogP contribution in [0.2, 0.25) is 0 Å². The highest BCUT2D eigenvalue weighted by molar-refractivity contribution is 8.23. The topological polar surface area (TPSA) is 81.6 Å². The zero-order valence-corrected chi connectivity index (χ0v) is 14.6. The number of nitrogens with one attached hydrogen (secondary N) is 2. The Morgan fingerprint density at radius 2 is 1.35 bits per heavy atom. The standard InChI is InChI=1S/C15H18N2O3S.C2H6.2H2/c1-11-3-7-13(8-4-11)16-15(18)17-21(19,20)14-9-5-12(2)6-10-14;1-2;;/h3-10,19-20H,1-2H3,(H2,16,17,18);1-2H3;2*1H. The average molecular weight is 340 g/mol. The summed E-state index contributed by atoms with van der Waals surface area (Å²) in [6, 6.07) is 13.2. The maximum absolute atomic E-state index is 11.8. The third-order valence-electron chi connectivity index (χ3n) is 2.89. The molecule has 0 radical (unpaired) electrons. The van der Waals surface area contributed by atoms with Crippen molar-refractivity contribution in [1.29, 1.82) is 0 Å². The van der Waals surface area contributed by atoms with Crippen molar-refractivity contribution >= 4 is 22.5 Å². The Balaban J connectivity index is 0. The van der Waals surface area contributed by atoms with E-state index in [1.54, 1.807) is 36.4 Å². The average Bonchev–Trinajstić information content (AvgIpc) is 2.51. The molecule has 0 aliphatic heterocycles.